The number of fused-ring (bicyclic) bond motifs is 3. The summed E-state index contributed by atoms with van der Waals surface area (Å²) in [5.74, 6) is 0. The topological polar surface area (TPSA) is 0 Å². The van der Waals surface area contributed by atoms with Gasteiger partial charge in [0, 0.05) is 0 Å². The van der Waals surface area contributed by atoms with Gasteiger partial charge in [0.15, 0.2) is 0 Å². The summed E-state index contributed by atoms with van der Waals surface area (Å²) in [4.78, 5) is 0. The predicted octanol–water partition coefficient (Wildman–Crippen LogP) is 9.23. The van der Waals surface area contributed by atoms with E-state index >= 15 is 0 Å². The van der Waals surface area contributed by atoms with E-state index in [2.05, 4.69) is 91.0 Å². The zero-order chi connectivity index (χ0) is 25.4. The van der Waals surface area contributed by atoms with Crippen molar-refractivity contribution in [3.8, 4) is 11.1 Å². The Hall–Kier alpha value is -1.33. The van der Waals surface area contributed by atoms with Crippen molar-refractivity contribution in [2.45, 2.75) is 111 Å². The van der Waals surface area contributed by atoms with Gasteiger partial charge in [-0.25, -0.2) is 0 Å². The minimum atomic E-state index is 0.0864. The van der Waals surface area contributed by atoms with E-state index in [0.717, 1.165) is 19.3 Å². The summed E-state index contributed by atoms with van der Waals surface area (Å²) < 4.78 is 1.80. The van der Waals surface area contributed by atoms with Crippen LogP contribution in [0, 0.1) is 6.07 Å². The van der Waals surface area contributed by atoms with Crippen LogP contribution in [-0.4, -0.2) is 3.21 Å². The molecule has 2 aromatic rings. The minimum absolute atomic E-state index is 0.0864. The Morgan fingerprint density at radius 1 is 0.914 bits per heavy atom. The molecule has 0 unspecified atom stereocenters. The summed E-state index contributed by atoms with van der Waals surface area (Å²) in [7, 11) is 0. The Labute approximate surface area is 229 Å². The van der Waals surface area contributed by atoms with Gasteiger partial charge < -0.3 is 0 Å². The quantitative estimate of drug-likeness (QED) is 0.283. The first-order valence-electron chi connectivity index (χ1n) is 13.7. The van der Waals surface area contributed by atoms with Crippen molar-refractivity contribution >= 4 is 8.78 Å². The first kappa shape index (κ1) is 26.7. The molecule has 1 heteroatoms. The molecule has 3 aliphatic carbocycles. The second-order valence-electron chi connectivity index (χ2n) is 12.6. The Balaban J connectivity index is 0.000000356. The summed E-state index contributed by atoms with van der Waals surface area (Å²) in [6, 6.07) is 11.1. The van der Waals surface area contributed by atoms with E-state index in [9.17, 15) is 0 Å². The molecule has 0 spiro atoms. The van der Waals surface area contributed by atoms with Crippen LogP contribution in [0.2, 0.25) is 0 Å². The molecule has 0 amide bonds. The van der Waals surface area contributed by atoms with Gasteiger partial charge in [-0.05, 0) is 34.8 Å². The van der Waals surface area contributed by atoms with E-state index in [0.29, 0.717) is 0 Å². The SMILES string of the molecule is CCc1c(C2=CC=CC2)c(C(C)(C)C)[c-]c2c1-c1ccc(C(C)(C)C)cc1C2.[Zr]=[C]1CCCCC1. The van der Waals surface area contributed by atoms with E-state index in [1.165, 1.54) is 82.2 Å². The number of rotatable bonds is 2. The molecule has 0 aromatic heterocycles. The summed E-state index contributed by atoms with van der Waals surface area (Å²) in [6.45, 7) is 16.2. The van der Waals surface area contributed by atoms with Gasteiger partial charge in [-0.1, -0.05) is 102 Å². The third kappa shape index (κ3) is 5.82. The first-order chi connectivity index (χ1) is 16.5. The average Bonchev–Trinajstić information content (AvgIpc) is 3.45. The van der Waals surface area contributed by atoms with E-state index in [1.54, 1.807) is 27.4 Å². The Morgan fingerprint density at radius 3 is 2.14 bits per heavy atom. The standard InChI is InChI=1S/C28H33.C6H10.Zr/c1-8-22-25-20(15-19-16-21(27(2,3)4)13-14-23(19)25)17-24(28(5,6)7)26(22)18-11-9-10-12-18;1-2-4-6-5-3-1;/h9-11,13-14,16H,8,12,15H2,1-7H3;1-5H2;/q-1;;. The van der Waals surface area contributed by atoms with Crippen molar-refractivity contribution in [1.82, 2.24) is 0 Å². The van der Waals surface area contributed by atoms with E-state index in [1.807, 2.05) is 0 Å². The van der Waals surface area contributed by atoms with Crippen molar-refractivity contribution in [3.63, 3.8) is 0 Å². The van der Waals surface area contributed by atoms with Crippen LogP contribution in [0.15, 0.2) is 36.4 Å². The summed E-state index contributed by atoms with van der Waals surface area (Å²) >= 11 is 1.69. The van der Waals surface area contributed by atoms with Crippen LogP contribution in [0.1, 0.15) is 120 Å². The van der Waals surface area contributed by atoms with Gasteiger partial charge in [-0.2, -0.15) is 6.07 Å². The molecule has 2 aromatic carbocycles. The molecule has 1 saturated carbocycles. The van der Waals surface area contributed by atoms with Crippen LogP contribution in [0.25, 0.3) is 16.7 Å². The fraction of sp³-hybridized carbons (Fsp3) is 0.500. The van der Waals surface area contributed by atoms with Crippen LogP contribution in [-0.2, 0) is 47.9 Å². The van der Waals surface area contributed by atoms with Gasteiger partial charge in [0.2, 0.25) is 0 Å². The van der Waals surface area contributed by atoms with Crippen LogP contribution < -0.4 is 0 Å². The second-order valence-corrected chi connectivity index (χ2v) is 14.3. The van der Waals surface area contributed by atoms with Gasteiger partial charge in [-0.15, -0.1) is 27.8 Å². The van der Waals surface area contributed by atoms with Crippen molar-refractivity contribution in [2.24, 2.45) is 0 Å². The molecular weight excluding hydrogens is 500 g/mol. The maximum atomic E-state index is 3.92. The Kier molecular flexibility index (Phi) is 8.08. The predicted molar refractivity (Wildman–Crippen MR) is 150 cm³/mol. The molecule has 0 atom stereocenters. The Bertz CT molecular complexity index is 1170. The van der Waals surface area contributed by atoms with E-state index in [-0.39, 0.29) is 10.8 Å². The van der Waals surface area contributed by atoms with Crippen LogP contribution in [0.5, 0.6) is 0 Å². The summed E-state index contributed by atoms with van der Waals surface area (Å²) in [5, 5.41) is 0. The molecule has 5 rings (SSSR count). The van der Waals surface area contributed by atoms with Crippen LogP contribution in [0.4, 0.5) is 0 Å². The molecule has 35 heavy (non-hydrogen) atoms. The van der Waals surface area contributed by atoms with Crippen LogP contribution in [0.3, 0.4) is 0 Å². The number of benzene rings is 2. The van der Waals surface area contributed by atoms with E-state index in [4.69, 9.17) is 0 Å². The summed E-state index contributed by atoms with van der Waals surface area (Å²) in [6.07, 6.45) is 17.2. The van der Waals surface area contributed by atoms with Gasteiger partial charge in [0.25, 0.3) is 0 Å². The van der Waals surface area contributed by atoms with Gasteiger partial charge in [-0.3, -0.25) is 0 Å². The molecule has 0 nitrogen and oxygen atoms in total. The first-order valence-corrected chi connectivity index (χ1v) is 14.9. The normalized spacial score (nSPS) is 17.0. The van der Waals surface area contributed by atoms with Gasteiger partial charge >= 0.3 is 59.5 Å². The third-order valence-electron chi connectivity index (χ3n) is 7.69. The molecule has 0 N–H and O–H groups in total. The van der Waals surface area contributed by atoms with Crippen molar-refractivity contribution in [1.29, 1.82) is 0 Å². The van der Waals surface area contributed by atoms with E-state index < -0.39 is 0 Å². The fourth-order valence-electron chi connectivity index (χ4n) is 5.71. The zero-order valence-electron chi connectivity index (χ0n) is 23.1. The molecule has 184 valence electrons. The third-order valence-corrected chi connectivity index (χ3v) is 8.92. The number of allylic oxidation sites excluding steroid dienone is 4. The van der Waals surface area contributed by atoms with Crippen molar-refractivity contribution in [3.05, 3.63) is 75.9 Å². The van der Waals surface area contributed by atoms with Crippen LogP contribution >= 0.6 is 0 Å². The molecule has 1 fully saturated rings. The molecule has 0 aliphatic heterocycles. The molecule has 0 radical (unpaired) electrons. The maximum absolute atomic E-state index is 3.92. The molecular formula is C34H43Zr-. The van der Waals surface area contributed by atoms with Crippen molar-refractivity contribution in [2.75, 3.05) is 0 Å². The molecule has 0 saturated heterocycles. The zero-order valence-corrected chi connectivity index (χ0v) is 25.6. The Morgan fingerprint density at radius 2 is 1.63 bits per heavy atom. The van der Waals surface area contributed by atoms with Crippen molar-refractivity contribution < 1.29 is 24.2 Å². The molecule has 0 heterocycles. The van der Waals surface area contributed by atoms with Gasteiger partial charge in [0.05, 0.1) is 0 Å². The number of hydrogen-bond donors (Lipinski definition) is 0. The average molecular weight is 543 g/mol. The fourth-order valence-corrected chi connectivity index (χ4v) is 6.58. The summed E-state index contributed by atoms with van der Waals surface area (Å²) in [5.41, 5.74) is 13.3. The molecule has 0 bridgehead atoms. The number of hydrogen-bond acceptors (Lipinski definition) is 0. The molecule has 3 aliphatic rings. The monoisotopic (exact) mass is 541 g/mol. The second kappa shape index (κ2) is 10.6. The van der Waals surface area contributed by atoms with Gasteiger partial charge in [0.1, 0.15) is 0 Å².